The van der Waals surface area contributed by atoms with Gasteiger partial charge < -0.3 is 5.32 Å². The molecule has 38 heavy (non-hydrogen) atoms. The fourth-order valence-electron chi connectivity index (χ4n) is 3.08. The van der Waals surface area contributed by atoms with E-state index in [1.165, 1.54) is 22.4 Å². The van der Waals surface area contributed by atoms with Crippen LogP contribution in [0.3, 0.4) is 0 Å². The van der Waals surface area contributed by atoms with E-state index in [9.17, 15) is 0 Å². The lowest BCUT2D eigenvalue weighted by atomic mass is 9.78. The zero-order valence-electron chi connectivity index (χ0n) is 27.5. The van der Waals surface area contributed by atoms with Crippen LogP contribution in [0.25, 0.3) is 0 Å². The summed E-state index contributed by atoms with van der Waals surface area (Å²) in [6.45, 7) is 30.3. The smallest absolute Gasteiger partial charge is 0.0416 e. The molecule has 1 N–H and O–H groups in total. The molecule has 0 saturated carbocycles. The maximum absolute atomic E-state index is 3.49. The van der Waals surface area contributed by atoms with Crippen molar-refractivity contribution < 1.29 is 0 Å². The quantitative estimate of drug-likeness (QED) is 0.368. The predicted molar refractivity (Wildman–Crippen MR) is 177 cm³/mol. The molecule has 0 radical (unpaired) electrons. The number of hydrogen-bond acceptors (Lipinski definition) is 1. The molecule has 0 aliphatic heterocycles. The second-order valence-corrected chi connectivity index (χ2v) is 12.1. The Kier molecular flexibility index (Phi) is 20.2. The SMILES string of the molecule is C/C=C\C(=C/C)NC(/C=C\CC)=C1\C=CC=CC1.CC.CC(C)(C)C.Cc1ccc(C(C)C(C)(C)C)cc1. The van der Waals surface area contributed by atoms with Crippen LogP contribution >= 0.6 is 0 Å². The third-order valence-corrected chi connectivity index (χ3v) is 5.56. The average Bonchev–Trinajstić information content (AvgIpc) is 2.86. The van der Waals surface area contributed by atoms with Crippen molar-refractivity contribution in [3.05, 3.63) is 107 Å². The highest BCUT2D eigenvalue weighted by Crippen LogP contribution is 2.34. The summed E-state index contributed by atoms with van der Waals surface area (Å²) in [5, 5.41) is 3.49. The minimum atomic E-state index is 0.356. The van der Waals surface area contributed by atoms with E-state index in [-0.39, 0.29) is 0 Å². The molecular weight excluding hydrogens is 458 g/mol. The molecule has 214 valence electrons. The molecule has 1 aliphatic carbocycles. The number of rotatable bonds is 6. The molecule has 0 aromatic heterocycles. The van der Waals surface area contributed by atoms with Gasteiger partial charge in [-0.15, -0.1) is 0 Å². The minimum Gasteiger partial charge on any atom is -0.356 e. The van der Waals surface area contributed by atoms with Crippen LogP contribution in [-0.2, 0) is 0 Å². The maximum atomic E-state index is 3.49. The second-order valence-electron chi connectivity index (χ2n) is 12.1. The molecule has 1 aliphatic rings. The number of aryl methyl sites for hydroxylation is 1. The first kappa shape index (κ1) is 37.6. The fourth-order valence-corrected chi connectivity index (χ4v) is 3.08. The molecule has 0 heterocycles. The van der Waals surface area contributed by atoms with Crippen molar-refractivity contribution in [2.24, 2.45) is 10.8 Å². The number of allylic oxidation sites excluding steroid dienone is 10. The molecule has 0 spiro atoms. The molecule has 1 aromatic carbocycles. The summed E-state index contributed by atoms with van der Waals surface area (Å²) in [5.41, 5.74) is 7.27. The normalized spacial score (nSPS) is 15.6. The van der Waals surface area contributed by atoms with Gasteiger partial charge in [-0.25, -0.2) is 0 Å². The summed E-state index contributed by atoms with van der Waals surface area (Å²) >= 11 is 0. The highest BCUT2D eigenvalue weighted by Gasteiger charge is 2.21. The Hall–Kier alpha value is -2.54. The summed E-state index contributed by atoms with van der Waals surface area (Å²) < 4.78 is 0. The molecular formula is C37H61N. The van der Waals surface area contributed by atoms with Crippen LogP contribution in [0.5, 0.6) is 0 Å². The third-order valence-electron chi connectivity index (χ3n) is 5.56. The van der Waals surface area contributed by atoms with Gasteiger partial charge in [-0.1, -0.05) is 149 Å². The van der Waals surface area contributed by atoms with E-state index in [2.05, 4.69) is 147 Å². The minimum absolute atomic E-state index is 0.356. The molecule has 0 fully saturated rings. The topological polar surface area (TPSA) is 12.0 Å². The van der Waals surface area contributed by atoms with Crippen LogP contribution in [0.4, 0.5) is 0 Å². The largest absolute Gasteiger partial charge is 0.356 e. The van der Waals surface area contributed by atoms with Gasteiger partial charge in [0.2, 0.25) is 0 Å². The van der Waals surface area contributed by atoms with Crippen molar-refractivity contribution in [2.45, 2.75) is 116 Å². The van der Waals surface area contributed by atoms with E-state index in [1.54, 1.807) is 0 Å². The summed E-state index contributed by atoms with van der Waals surface area (Å²) in [4.78, 5) is 0. The molecule has 1 aromatic rings. The van der Waals surface area contributed by atoms with Crippen LogP contribution in [0, 0.1) is 17.8 Å². The second kappa shape index (κ2) is 20.4. The van der Waals surface area contributed by atoms with Gasteiger partial charge >= 0.3 is 0 Å². The molecule has 0 saturated heterocycles. The van der Waals surface area contributed by atoms with E-state index in [0.29, 0.717) is 16.7 Å². The zero-order chi connectivity index (χ0) is 29.8. The predicted octanol–water partition coefficient (Wildman–Crippen LogP) is 12.0. The molecule has 1 nitrogen and oxygen atoms in total. The lowest BCUT2D eigenvalue weighted by Crippen LogP contribution is -2.15. The van der Waals surface area contributed by atoms with Crippen molar-refractivity contribution in [2.75, 3.05) is 0 Å². The van der Waals surface area contributed by atoms with E-state index in [4.69, 9.17) is 0 Å². The van der Waals surface area contributed by atoms with Gasteiger partial charge in [-0.05, 0) is 73.6 Å². The van der Waals surface area contributed by atoms with Gasteiger partial charge in [0.05, 0.1) is 0 Å². The highest BCUT2D eigenvalue weighted by atomic mass is 14.9. The van der Waals surface area contributed by atoms with Gasteiger partial charge in [0, 0.05) is 11.4 Å². The Morgan fingerprint density at radius 1 is 0.921 bits per heavy atom. The first-order chi connectivity index (χ1) is 17.7. The monoisotopic (exact) mass is 519 g/mol. The first-order valence-corrected chi connectivity index (χ1v) is 14.6. The lowest BCUT2D eigenvalue weighted by molar-refractivity contribution is 0.339. The van der Waals surface area contributed by atoms with Crippen molar-refractivity contribution in [1.29, 1.82) is 0 Å². The van der Waals surface area contributed by atoms with Crippen LogP contribution in [0.15, 0.2) is 95.9 Å². The Balaban J connectivity index is 0. The van der Waals surface area contributed by atoms with Crippen molar-refractivity contribution in [3.63, 3.8) is 0 Å². The van der Waals surface area contributed by atoms with Gasteiger partial charge in [0.15, 0.2) is 0 Å². The summed E-state index contributed by atoms with van der Waals surface area (Å²) in [6.07, 6.45) is 21.1. The Morgan fingerprint density at radius 3 is 1.87 bits per heavy atom. The summed E-state index contributed by atoms with van der Waals surface area (Å²) in [7, 11) is 0. The molecule has 1 atom stereocenters. The molecule has 2 rings (SSSR count). The van der Waals surface area contributed by atoms with Crippen LogP contribution in [0.2, 0.25) is 0 Å². The summed E-state index contributed by atoms with van der Waals surface area (Å²) in [5.74, 6) is 0.619. The average molecular weight is 520 g/mol. The fraction of sp³-hybridized carbons (Fsp3) is 0.514. The van der Waals surface area contributed by atoms with E-state index in [0.717, 1.165) is 18.5 Å². The number of benzene rings is 1. The molecule has 0 bridgehead atoms. The zero-order valence-corrected chi connectivity index (χ0v) is 27.5. The third kappa shape index (κ3) is 19.6. The Morgan fingerprint density at radius 2 is 1.47 bits per heavy atom. The van der Waals surface area contributed by atoms with Crippen LogP contribution < -0.4 is 5.32 Å². The van der Waals surface area contributed by atoms with E-state index < -0.39 is 0 Å². The van der Waals surface area contributed by atoms with Crippen LogP contribution in [-0.4, -0.2) is 0 Å². The highest BCUT2D eigenvalue weighted by molar-refractivity contribution is 5.40. The van der Waals surface area contributed by atoms with Gasteiger partial charge in [0.1, 0.15) is 0 Å². The van der Waals surface area contributed by atoms with Crippen molar-refractivity contribution in [3.8, 4) is 0 Å². The van der Waals surface area contributed by atoms with E-state index in [1.807, 2.05) is 33.8 Å². The Bertz CT molecular complexity index is 910. The van der Waals surface area contributed by atoms with Gasteiger partial charge in [-0.2, -0.15) is 0 Å². The lowest BCUT2D eigenvalue weighted by Gasteiger charge is -2.27. The molecule has 1 unspecified atom stereocenters. The summed E-state index contributed by atoms with van der Waals surface area (Å²) in [6, 6.07) is 8.87. The molecule has 1 heteroatoms. The van der Waals surface area contributed by atoms with Crippen LogP contribution in [0.1, 0.15) is 120 Å². The standard InChI is InChI=1S/C17H23N.C13H20.C5H12.C2H6/c1-4-7-14-17(15-12-9-8-10-13-15)18-16(6-3)11-5-2;1-10-6-8-12(9-7-10)11(2)13(3,4)5;1-5(2,3)4;1-2/h5-12,14,18H,4,13H2,1-3H3;6-9,11H,1-5H3;1-4H3;1-2H3/b11-5-,14-7-,16-6+,17-15+;;;. The number of nitrogens with one attached hydrogen (secondary N) is 1. The van der Waals surface area contributed by atoms with Gasteiger partial charge in [0.25, 0.3) is 0 Å². The number of hydrogen-bond donors (Lipinski definition) is 1. The first-order valence-electron chi connectivity index (χ1n) is 14.6. The Labute approximate surface area is 238 Å². The maximum Gasteiger partial charge on any atom is 0.0416 e. The van der Waals surface area contributed by atoms with Crippen molar-refractivity contribution in [1.82, 2.24) is 5.32 Å². The van der Waals surface area contributed by atoms with Gasteiger partial charge in [-0.3, -0.25) is 0 Å². The van der Waals surface area contributed by atoms with Crippen molar-refractivity contribution >= 4 is 0 Å². The molecule has 0 amide bonds. The van der Waals surface area contributed by atoms with E-state index >= 15 is 0 Å².